The molecule has 72 valence electrons. The molecule has 0 unspecified atom stereocenters. The summed E-state index contributed by atoms with van der Waals surface area (Å²) in [6.07, 6.45) is 1.39. The van der Waals surface area contributed by atoms with Gasteiger partial charge in [0.25, 0.3) is 0 Å². The molecule has 0 saturated heterocycles. The highest BCUT2D eigenvalue weighted by Gasteiger charge is 2.26. The fraction of sp³-hybridized carbons (Fsp3) is 0.500. The van der Waals surface area contributed by atoms with Crippen LogP contribution in [0, 0.1) is 5.41 Å². The van der Waals surface area contributed by atoms with Crippen LogP contribution in [0.5, 0.6) is 0 Å². The Morgan fingerprint density at radius 1 is 1.77 bits per heavy atom. The summed E-state index contributed by atoms with van der Waals surface area (Å²) in [5.41, 5.74) is -0.597. The van der Waals surface area contributed by atoms with Crippen LogP contribution in [0.3, 0.4) is 0 Å². The first-order valence-corrected chi connectivity index (χ1v) is 4.37. The van der Waals surface area contributed by atoms with Gasteiger partial charge < -0.3 is 9.84 Å². The van der Waals surface area contributed by atoms with E-state index in [1.54, 1.807) is 19.9 Å². The molecule has 0 aliphatic heterocycles. The predicted molar refractivity (Wildman–Crippen MR) is 49.6 cm³/mol. The van der Waals surface area contributed by atoms with Crippen LogP contribution in [0.15, 0.2) is 16.9 Å². The average Bonchev–Trinajstić information content (AvgIpc) is 2.57. The van der Waals surface area contributed by atoms with Crippen LogP contribution in [0.2, 0.25) is 0 Å². The van der Waals surface area contributed by atoms with Gasteiger partial charge in [0.15, 0.2) is 5.82 Å². The lowest BCUT2D eigenvalue weighted by Crippen LogP contribution is -2.32. The maximum atomic E-state index is 11.5. The minimum atomic E-state index is -0.597. The molecule has 0 saturated carbocycles. The summed E-state index contributed by atoms with van der Waals surface area (Å²) in [6.45, 7) is 3.52. The van der Waals surface area contributed by atoms with Crippen LogP contribution >= 0.6 is 11.6 Å². The summed E-state index contributed by atoms with van der Waals surface area (Å²) in [5, 5.41) is 6.14. The quantitative estimate of drug-likeness (QED) is 0.762. The Balaban J connectivity index is 2.61. The van der Waals surface area contributed by atoms with Gasteiger partial charge in [0.05, 0.1) is 5.41 Å². The van der Waals surface area contributed by atoms with E-state index in [4.69, 9.17) is 11.6 Å². The van der Waals surface area contributed by atoms with Crippen molar-refractivity contribution in [1.29, 1.82) is 0 Å². The van der Waals surface area contributed by atoms with Crippen molar-refractivity contribution in [2.24, 2.45) is 5.41 Å². The number of nitrogens with zero attached hydrogens (tertiary/aromatic N) is 1. The molecule has 1 rings (SSSR count). The zero-order valence-electron chi connectivity index (χ0n) is 7.50. The Morgan fingerprint density at radius 2 is 2.46 bits per heavy atom. The fourth-order valence-corrected chi connectivity index (χ4v) is 0.745. The number of carbonyl (C=O) groups excluding carboxylic acids is 1. The van der Waals surface area contributed by atoms with Gasteiger partial charge in [-0.2, -0.15) is 0 Å². The normalized spacial score (nSPS) is 11.3. The summed E-state index contributed by atoms with van der Waals surface area (Å²) in [6, 6.07) is 1.57. The second kappa shape index (κ2) is 3.79. The number of alkyl halides is 1. The highest BCUT2D eigenvalue weighted by atomic mass is 35.5. The average molecular weight is 203 g/mol. The molecule has 0 aromatic carbocycles. The lowest BCUT2D eigenvalue weighted by atomic mass is 9.95. The van der Waals surface area contributed by atoms with E-state index < -0.39 is 5.41 Å². The van der Waals surface area contributed by atoms with Crippen LogP contribution in [-0.4, -0.2) is 16.9 Å². The predicted octanol–water partition coefficient (Wildman–Crippen LogP) is 1.88. The third kappa shape index (κ3) is 2.45. The number of anilines is 1. The third-order valence-corrected chi connectivity index (χ3v) is 2.30. The molecule has 5 heteroatoms. The second-order valence-electron chi connectivity index (χ2n) is 3.36. The first-order valence-electron chi connectivity index (χ1n) is 3.84. The Hall–Kier alpha value is -1.03. The lowest BCUT2D eigenvalue weighted by Gasteiger charge is -2.18. The van der Waals surface area contributed by atoms with Gasteiger partial charge in [0.1, 0.15) is 6.26 Å². The fourth-order valence-electron chi connectivity index (χ4n) is 0.623. The van der Waals surface area contributed by atoms with Gasteiger partial charge in [-0.15, -0.1) is 11.6 Å². The number of hydrogen-bond acceptors (Lipinski definition) is 3. The van der Waals surface area contributed by atoms with Crippen LogP contribution in [0.25, 0.3) is 0 Å². The number of aromatic nitrogens is 1. The summed E-state index contributed by atoms with van der Waals surface area (Å²) >= 11 is 5.62. The number of nitrogens with one attached hydrogen (secondary N) is 1. The maximum Gasteiger partial charge on any atom is 0.232 e. The van der Waals surface area contributed by atoms with E-state index in [1.165, 1.54) is 6.26 Å². The first-order chi connectivity index (χ1) is 6.06. The molecule has 0 aliphatic rings. The van der Waals surface area contributed by atoms with Crippen LogP contribution in [0.4, 0.5) is 5.82 Å². The Bertz CT molecular complexity index is 282. The van der Waals surface area contributed by atoms with E-state index in [0.29, 0.717) is 5.82 Å². The monoisotopic (exact) mass is 202 g/mol. The van der Waals surface area contributed by atoms with E-state index in [2.05, 4.69) is 15.0 Å². The molecule has 13 heavy (non-hydrogen) atoms. The minimum Gasteiger partial charge on any atom is -0.363 e. The van der Waals surface area contributed by atoms with Crippen LogP contribution in [0.1, 0.15) is 13.8 Å². The smallest absolute Gasteiger partial charge is 0.232 e. The lowest BCUT2D eigenvalue weighted by molar-refractivity contribution is -0.123. The van der Waals surface area contributed by atoms with Crippen molar-refractivity contribution in [3.05, 3.63) is 12.3 Å². The van der Waals surface area contributed by atoms with E-state index in [-0.39, 0.29) is 11.8 Å². The Morgan fingerprint density at radius 3 is 2.92 bits per heavy atom. The second-order valence-corrected chi connectivity index (χ2v) is 3.62. The molecule has 1 amide bonds. The van der Waals surface area contributed by atoms with Gasteiger partial charge in [-0.3, -0.25) is 4.79 Å². The van der Waals surface area contributed by atoms with Gasteiger partial charge in [-0.05, 0) is 13.8 Å². The van der Waals surface area contributed by atoms with Gasteiger partial charge in [-0.25, -0.2) is 0 Å². The van der Waals surface area contributed by atoms with Gasteiger partial charge in [0, 0.05) is 11.9 Å². The molecule has 1 aromatic rings. The number of halogens is 1. The molecular weight excluding hydrogens is 192 g/mol. The van der Waals surface area contributed by atoms with Crippen LogP contribution < -0.4 is 5.32 Å². The van der Waals surface area contributed by atoms with Crippen LogP contribution in [-0.2, 0) is 4.79 Å². The molecule has 0 spiro atoms. The minimum absolute atomic E-state index is 0.170. The third-order valence-electron chi connectivity index (χ3n) is 1.63. The molecule has 1 heterocycles. The molecular formula is C8H11ClN2O2. The zero-order valence-corrected chi connectivity index (χ0v) is 8.26. The number of hydrogen-bond donors (Lipinski definition) is 1. The highest BCUT2D eigenvalue weighted by molar-refractivity contribution is 6.20. The largest absolute Gasteiger partial charge is 0.363 e. The summed E-state index contributed by atoms with van der Waals surface area (Å²) in [4.78, 5) is 11.5. The Labute approximate surface area is 81.2 Å². The van der Waals surface area contributed by atoms with Crippen molar-refractivity contribution in [2.75, 3.05) is 11.2 Å². The van der Waals surface area contributed by atoms with Crippen molar-refractivity contribution in [2.45, 2.75) is 13.8 Å². The first kappa shape index (κ1) is 10.1. The van der Waals surface area contributed by atoms with Gasteiger partial charge in [-0.1, -0.05) is 5.16 Å². The molecule has 1 aromatic heterocycles. The number of rotatable bonds is 3. The molecule has 0 aliphatic carbocycles. The number of amides is 1. The molecule has 0 fully saturated rings. The molecule has 0 bridgehead atoms. The summed E-state index contributed by atoms with van der Waals surface area (Å²) < 4.78 is 4.56. The van der Waals surface area contributed by atoms with Crippen molar-refractivity contribution in [3.63, 3.8) is 0 Å². The topological polar surface area (TPSA) is 55.1 Å². The SMILES string of the molecule is CC(C)(CCl)C(=O)Nc1ccon1. The summed E-state index contributed by atoms with van der Waals surface area (Å²) in [5.74, 6) is 0.496. The van der Waals surface area contributed by atoms with Gasteiger partial charge in [0.2, 0.25) is 5.91 Å². The standard InChI is InChI=1S/C8H11ClN2O2/c1-8(2,5-9)7(12)10-6-3-4-13-11-6/h3-4H,5H2,1-2H3,(H,10,11,12). The summed E-state index contributed by atoms with van der Waals surface area (Å²) in [7, 11) is 0. The van der Waals surface area contributed by atoms with E-state index >= 15 is 0 Å². The molecule has 1 N–H and O–H groups in total. The van der Waals surface area contributed by atoms with Crippen molar-refractivity contribution < 1.29 is 9.32 Å². The maximum absolute atomic E-state index is 11.5. The molecule has 0 radical (unpaired) electrons. The van der Waals surface area contributed by atoms with Crippen molar-refractivity contribution in [1.82, 2.24) is 5.16 Å². The van der Waals surface area contributed by atoms with E-state index in [9.17, 15) is 4.79 Å². The number of carbonyl (C=O) groups is 1. The molecule has 4 nitrogen and oxygen atoms in total. The highest BCUT2D eigenvalue weighted by Crippen LogP contribution is 2.19. The van der Waals surface area contributed by atoms with Crippen molar-refractivity contribution in [3.8, 4) is 0 Å². The van der Waals surface area contributed by atoms with Gasteiger partial charge >= 0.3 is 0 Å². The molecule has 0 atom stereocenters. The Kier molecular flexibility index (Phi) is 2.93. The van der Waals surface area contributed by atoms with E-state index in [1.807, 2.05) is 0 Å². The zero-order chi connectivity index (χ0) is 9.90. The van der Waals surface area contributed by atoms with Crippen molar-refractivity contribution >= 4 is 23.3 Å². The van der Waals surface area contributed by atoms with E-state index in [0.717, 1.165) is 0 Å².